The number of aliphatic hydroxyl groups is 1. The second-order valence-electron chi connectivity index (χ2n) is 6.33. The molecule has 2 aromatic heterocycles. The smallest absolute Gasteiger partial charge is 0.407 e. The van der Waals surface area contributed by atoms with E-state index in [0.717, 1.165) is 0 Å². The van der Waals surface area contributed by atoms with Gasteiger partial charge in [0.15, 0.2) is 5.13 Å². The molecule has 1 amide bonds. The van der Waals surface area contributed by atoms with Gasteiger partial charge in [0.25, 0.3) is 6.43 Å². The highest BCUT2D eigenvalue weighted by atomic mass is 32.1. The molecule has 2 heterocycles. The van der Waals surface area contributed by atoms with E-state index < -0.39 is 24.3 Å². The molecule has 2 aromatic rings. The maximum Gasteiger partial charge on any atom is 0.407 e. The molecule has 0 radical (unpaired) electrons. The van der Waals surface area contributed by atoms with Crippen molar-refractivity contribution in [2.75, 3.05) is 11.9 Å². The summed E-state index contributed by atoms with van der Waals surface area (Å²) in [6.45, 7) is 5.10. The average molecular weight is 386 g/mol. The Morgan fingerprint density at radius 2 is 2.04 bits per heavy atom. The normalized spacial score (nSPS) is 12.7. The number of anilines is 1. The standard InChI is InChI=1S/C16H20F2N4O3S/c1-16(2,3)25-15(24)19-7-12(23)22-14-21-11(8-26-14)9-5-4-6-10(20-9)13(17)18/h4-6,8,12-13,23H,7H2,1-3H3,(H,19,24)(H,21,22). The number of rotatable bonds is 6. The van der Waals surface area contributed by atoms with E-state index in [1.54, 1.807) is 32.2 Å². The predicted molar refractivity (Wildman–Crippen MR) is 94.2 cm³/mol. The van der Waals surface area contributed by atoms with Crippen molar-refractivity contribution in [3.05, 3.63) is 29.3 Å². The monoisotopic (exact) mass is 386 g/mol. The van der Waals surface area contributed by atoms with E-state index in [1.165, 1.54) is 23.5 Å². The minimum atomic E-state index is -2.66. The van der Waals surface area contributed by atoms with Crippen LogP contribution >= 0.6 is 11.3 Å². The van der Waals surface area contributed by atoms with E-state index in [2.05, 4.69) is 20.6 Å². The van der Waals surface area contributed by atoms with Crippen LogP contribution in [0, 0.1) is 0 Å². The van der Waals surface area contributed by atoms with Crippen molar-refractivity contribution < 1.29 is 23.4 Å². The van der Waals surface area contributed by atoms with Gasteiger partial charge in [-0.05, 0) is 32.9 Å². The van der Waals surface area contributed by atoms with Crippen LogP contribution in [0.1, 0.15) is 32.9 Å². The number of alkyl halides is 2. The number of nitrogens with zero attached hydrogens (tertiary/aromatic N) is 2. The van der Waals surface area contributed by atoms with E-state index in [0.29, 0.717) is 16.5 Å². The largest absolute Gasteiger partial charge is 0.444 e. The van der Waals surface area contributed by atoms with E-state index in [4.69, 9.17) is 4.74 Å². The molecule has 0 aromatic carbocycles. The number of carbonyl (C=O) groups is 1. The summed E-state index contributed by atoms with van der Waals surface area (Å²) in [4.78, 5) is 19.6. The molecule has 0 saturated heterocycles. The summed E-state index contributed by atoms with van der Waals surface area (Å²) in [5, 5.41) is 17.0. The summed E-state index contributed by atoms with van der Waals surface area (Å²) < 4.78 is 30.5. The third kappa shape index (κ3) is 6.19. The third-order valence-electron chi connectivity index (χ3n) is 2.89. The SMILES string of the molecule is CC(C)(C)OC(=O)NCC(O)Nc1nc(-c2cccc(C(F)F)n2)cs1. The van der Waals surface area contributed by atoms with Gasteiger partial charge in [-0.25, -0.2) is 23.5 Å². The molecule has 142 valence electrons. The first-order chi connectivity index (χ1) is 12.1. The molecule has 0 saturated carbocycles. The van der Waals surface area contributed by atoms with Crippen molar-refractivity contribution in [3.8, 4) is 11.4 Å². The van der Waals surface area contributed by atoms with Gasteiger partial charge >= 0.3 is 6.09 Å². The quantitative estimate of drug-likeness (QED) is 0.659. The van der Waals surface area contributed by atoms with Crippen LogP contribution in [0.25, 0.3) is 11.4 Å². The van der Waals surface area contributed by atoms with Gasteiger partial charge < -0.3 is 20.5 Å². The van der Waals surface area contributed by atoms with Gasteiger partial charge in [0.05, 0.1) is 12.2 Å². The molecule has 7 nitrogen and oxygen atoms in total. The van der Waals surface area contributed by atoms with Crippen molar-refractivity contribution in [2.45, 2.75) is 39.0 Å². The van der Waals surface area contributed by atoms with Gasteiger partial charge in [-0.15, -0.1) is 11.3 Å². The molecule has 2 rings (SSSR count). The topological polar surface area (TPSA) is 96.4 Å². The molecule has 0 aliphatic heterocycles. The summed E-state index contributed by atoms with van der Waals surface area (Å²) in [6.07, 6.45) is -4.40. The fraction of sp³-hybridized carbons (Fsp3) is 0.438. The van der Waals surface area contributed by atoms with Crippen LogP contribution < -0.4 is 10.6 Å². The lowest BCUT2D eigenvalue weighted by atomic mass is 10.2. The molecule has 0 aliphatic carbocycles. The predicted octanol–water partition coefficient (Wildman–Crippen LogP) is 3.40. The van der Waals surface area contributed by atoms with E-state index in [9.17, 15) is 18.7 Å². The van der Waals surface area contributed by atoms with Crippen LogP contribution in [0.3, 0.4) is 0 Å². The molecule has 0 bridgehead atoms. The lowest BCUT2D eigenvalue weighted by Crippen LogP contribution is -2.39. The number of pyridine rings is 1. The number of thiazole rings is 1. The zero-order valence-electron chi connectivity index (χ0n) is 14.5. The molecule has 26 heavy (non-hydrogen) atoms. The number of amides is 1. The number of aromatic nitrogens is 2. The van der Waals surface area contributed by atoms with Crippen molar-refractivity contribution in [1.82, 2.24) is 15.3 Å². The van der Waals surface area contributed by atoms with E-state index in [1.807, 2.05) is 0 Å². The maximum atomic E-state index is 12.7. The number of hydrogen-bond donors (Lipinski definition) is 3. The Hall–Kier alpha value is -2.33. The maximum absolute atomic E-state index is 12.7. The van der Waals surface area contributed by atoms with Gasteiger partial charge in [0.2, 0.25) is 0 Å². The Balaban J connectivity index is 1.91. The van der Waals surface area contributed by atoms with Crippen molar-refractivity contribution in [1.29, 1.82) is 0 Å². The minimum Gasteiger partial charge on any atom is -0.444 e. The lowest BCUT2D eigenvalue weighted by molar-refractivity contribution is 0.0500. The van der Waals surface area contributed by atoms with Crippen LogP contribution in [0.5, 0.6) is 0 Å². The highest BCUT2D eigenvalue weighted by molar-refractivity contribution is 7.14. The first-order valence-corrected chi connectivity index (χ1v) is 8.64. The molecule has 0 fully saturated rings. The molecule has 0 spiro atoms. The van der Waals surface area contributed by atoms with E-state index in [-0.39, 0.29) is 12.2 Å². The number of halogens is 2. The van der Waals surface area contributed by atoms with Crippen LogP contribution in [0.4, 0.5) is 18.7 Å². The molecular weight excluding hydrogens is 366 g/mol. The van der Waals surface area contributed by atoms with Crippen molar-refractivity contribution >= 4 is 22.6 Å². The number of aliphatic hydroxyl groups excluding tert-OH is 1. The number of ether oxygens (including phenoxy) is 1. The van der Waals surface area contributed by atoms with Crippen LogP contribution in [0.15, 0.2) is 23.6 Å². The van der Waals surface area contributed by atoms with Gasteiger partial charge in [-0.3, -0.25) is 0 Å². The summed E-state index contributed by atoms with van der Waals surface area (Å²) in [6, 6.07) is 4.30. The summed E-state index contributed by atoms with van der Waals surface area (Å²) in [5.74, 6) is 0. The summed E-state index contributed by atoms with van der Waals surface area (Å²) in [5.41, 5.74) is -0.237. The Kier molecular flexibility index (Phi) is 6.43. The summed E-state index contributed by atoms with van der Waals surface area (Å²) in [7, 11) is 0. The Bertz CT molecular complexity index is 749. The summed E-state index contributed by atoms with van der Waals surface area (Å²) >= 11 is 1.18. The number of alkyl carbamates (subject to hydrolysis) is 1. The molecular formula is C16H20F2N4O3S. The van der Waals surface area contributed by atoms with Crippen molar-refractivity contribution in [3.63, 3.8) is 0 Å². The highest BCUT2D eigenvalue weighted by Gasteiger charge is 2.17. The molecule has 0 aliphatic rings. The number of hydrogen-bond acceptors (Lipinski definition) is 7. The fourth-order valence-corrected chi connectivity index (χ4v) is 2.61. The molecule has 1 atom stereocenters. The van der Waals surface area contributed by atoms with Gasteiger partial charge in [0.1, 0.15) is 23.2 Å². The lowest BCUT2D eigenvalue weighted by Gasteiger charge is -2.20. The molecule has 3 N–H and O–H groups in total. The van der Waals surface area contributed by atoms with E-state index >= 15 is 0 Å². The first-order valence-electron chi connectivity index (χ1n) is 7.76. The van der Waals surface area contributed by atoms with Crippen LogP contribution in [-0.4, -0.2) is 39.5 Å². The van der Waals surface area contributed by atoms with Gasteiger partial charge in [0, 0.05) is 5.38 Å². The Morgan fingerprint density at radius 3 is 2.69 bits per heavy atom. The first kappa shape index (κ1) is 20.0. The Labute approximate surface area is 153 Å². The second kappa shape index (κ2) is 8.37. The van der Waals surface area contributed by atoms with Crippen LogP contribution in [0.2, 0.25) is 0 Å². The molecule has 1 unspecified atom stereocenters. The highest BCUT2D eigenvalue weighted by Crippen LogP contribution is 2.25. The van der Waals surface area contributed by atoms with Gasteiger partial charge in [-0.1, -0.05) is 6.07 Å². The zero-order valence-corrected chi connectivity index (χ0v) is 15.3. The average Bonchev–Trinajstić information content (AvgIpc) is 3.00. The third-order valence-corrected chi connectivity index (χ3v) is 3.66. The fourth-order valence-electron chi connectivity index (χ4n) is 1.86. The Morgan fingerprint density at radius 1 is 1.31 bits per heavy atom. The number of carbonyl (C=O) groups excluding carboxylic acids is 1. The van der Waals surface area contributed by atoms with Crippen molar-refractivity contribution in [2.24, 2.45) is 0 Å². The molecule has 10 heteroatoms. The van der Waals surface area contributed by atoms with Gasteiger partial charge in [-0.2, -0.15) is 0 Å². The van der Waals surface area contributed by atoms with Crippen LogP contribution in [-0.2, 0) is 4.74 Å². The number of nitrogens with one attached hydrogen (secondary N) is 2. The second-order valence-corrected chi connectivity index (χ2v) is 7.19. The zero-order chi connectivity index (χ0) is 19.3. The minimum absolute atomic E-state index is 0.0943.